The number of ether oxygens (including phenoxy) is 1. The summed E-state index contributed by atoms with van der Waals surface area (Å²) in [5, 5.41) is 18.9. The van der Waals surface area contributed by atoms with Crippen molar-refractivity contribution in [2.24, 2.45) is 5.73 Å². The van der Waals surface area contributed by atoms with Gasteiger partial charge in [0.05, 0.1) is 12.2 Å². The van der Waals surface area contributed by atoms with Gasteiger partial charge in [0.25, 0.3) is 0 Å². The first-order chi connectivity index (χ1) is 5.70. The number of hydrogen-bond donors (Lipinski definition) is 3. The molecule has 0 aliphatic carbocycles. The second kappa shape index (κ2) is 4.18. The normalized spacial score (nSPS) is 42.0. The molecule has 0 spiro atoms. The molecule has 1 heterocycles. The van der Waals surface area contributed by atoms with Crippen LogP contribution in [0.2, 0.25) is 0 Å². The van der Waals surface area contributed by atoms with Crippen molar-refractivity contribution in [3.05, 3.63) is 0 Å². The quantitative estimate of drug-likeness (QED) is 0.526. The van der Waals surface area contributed by atoms with Crippen LogP contribution in [0, 0.1) is 0 Å². The van der Waals surface area contributed by atoms with Gasteiger partial charge < -0.3 is 20.7 Å². The Balaban J connectivity index is 2.48. The molecule has 1 aliphatic heterocycles. The molecule has 1 fully saturated rings. The summed E-state index contributed by atoms with van der Waals surface area (Å²) in [5.41, 5.74) is 5.35. The second-order valence-corrected chi connectivity index (χ2v) is 3.22. The third-order valence-electron chi connectivity index (χ3n) is 2.27. The molecule has 0 radical (unpaired) electrons. The molecular formula is C8H17NO3. The number of nitrogens with two attached hydrogens (primary N) is 1. The van der Waals surface area contributed by atoms with Gasteiger partial charge in [0.15, 0.2) is 0 Å². The van der Waals surface area contributed by atoms with E-state index in [0.29, 0.717) is 0 Å². The molecule has 0 aromatic carbocycles. The predicted octanol–water partition coefficient (Wildman–Crippen LogP) is -0.766. The Kier molecular flexibility index (Phi) is 3.46. The average molecular weight is 175 g/mol. The minimum absolute atomic E-state index is 0.237. The lowest BCUT2D eigenvalue weighted by molar-refractivity contribution is 0.00781. The fourth-order valence-electron chi connectivity index (χ4n) is 1.54. The van der Waals surface area contributed by atoms with Gasteiger partial charge in [-0.2, -0.15) is 0 Å². The highest BCUT2D eigenvalue weighted by Crippen LogP contribution is 2.23. The summed E-state index contributed by atoms with van der Waals surface area (Å²) in [4.78, 5) is 0. The summed E-state index contributed by atoms with van der Waals surface area (Å²) >= 11 is 0. The van der Waals surface area contributed by atoms with Crippen molar-refractivity contribution in [2.45, 2.75) is 44.2 Å². The van der Waals surface area contributed by atoms with Crippen LogP contribution in [0.3, 0.4) is 0 Å². The first-order valence-corrected chi connectivity index (χ1v) is 4.42. The molecule has 0 saturated carbocycles. The molecule has 0 aromatic rings. The van der Waals surface area contributed by atoms with Crippen LogP contribution in [0.15, 0.2) is 0 Å². The van der Waals surface area contributed by atoms with E-state index in [-0.39, 0.29) is 12.6 Å². The summed E-state index contributed by atoms with van der Waals surface area (Å²) in [7, 11) is 0. The average Bonchev–Trinajstić information content (AvgIpc) is 2.33. The summed E-state index contributed by atoms with van der Waals surface area (Å²) in [6.45, 7) is 2.27. The molecular weight excluding hydrogens is 158 g/mol. The van der Waals surface area contributed by atoms with Crippen molar-refractivity contribution in [1.29, 1.82) is 0 Å². The standard InChI is InChI=1S/C8H17NO3/c1-2-3-5-7(10)8(11)6(4-9)12-5/h5-8,10-11H,2-4,9H2,1H3/t5-,6+,7-,8+/m0/s1. The summed E-state index contributed by atoms with van der Waals surface area (Å²) in [5.74, 6) is 0. The molecule has 4 nitrogen and oxygen atoms in total. The monoisotopic (exact) mass is 175 g/mol. The molecule has 12 heavy (non-hydrogen) atoms. The largest absolute Gasteiger partial charge is 0.388 e. The molecule has 4 N–H and O–H groups in total. The summed E-state index contributed by atoms with van der Waals surface area (Å²) in [6, 6.07) is 0. The van der Waals surface area contributed by atoms with E-state index in [1.165, 1.54) is 0 Å². The van der Waals surface area contributed by atoms with Crippen molar-refractivity contribution >= 4 is 0 Å². The maximum Gasteiger partial charge on any atom is 0.110 e. The van der Waals surface area contributed by atoms with Gasteiger partial charge in [0, 0.05) is 6.54 Å². The third kappa shape index (κ3) is 1.77. The zero-order valence-corrected chi connectivity index (χ0v) is 7.31. The van der Waals surface area contributed by atoms with Gasteiger partial charge in [-0.25, -0.2) is 0 Å². The maximum atomic E-state index is 9.46. The second-order valence-electron chi connectivity index (χ2n) is 3.22. The van der Waals surface area contributed by atoms with Crippen LogP contribution in [-0.4, -0.2) is 41.2 Å². The Morgan fingerprint density at radius 1 is 1.25 bits per heavy atom. The zero-order chi connectivity index (χ0) is 9.14. The Bertz CT molecular complexity index is 142. The fourth-order valence-corrected chi connectivity index (χ4v) is 1.54. The molecule has 72 valence electrons. The van der Waals surface area contributed by atoms with Gasteiger partial charge in [0.1, 0.15) is 12.2 Å². The van der Waals surface area contributed by atoms with Crippen molar-refractivity contribution in [2.75, 3.05) is 6.54 Å². The smallest absolute Gasteiger partial charge is 0.110 e. The highest BCUT2D eigenvalue weighted by molar-refractivity contribution is 4.90. The first-order valence-electron chi connectivity index (χ1n) is 4.42. The van der Waals surface area contributed by atoms with Crippen LogP contribution >= 0.6 is 0 Å². The lowest BCUT2D eigenvalue weighted by atomic mass is 10.1. The van der Waals surface area contributed by atoms with Crippen molar-refractivity contribution < 1.29 is 14.9 Å². The van der Waals surface area contributed by atoms with Gasteiger partial charge in [-0.05, 0) is 6.42 Å². The molecule has 0 aromatic heterocycles. The van der Waals surface area contributed by atoms with E-state index in [1.54, 1.807) is 0 Å². The minimum Gasteiger partial charge on any atom is -0.388 e. The van der Waals surface area contributed by atoms with Crippen LogP contribution < -0.4 is 5.73 Å². The van der Waals surface area contributed by atoms with Crippen molar-refractivity contribution in [3.8, 4) is 0 Å². The molecule has 0 bridgehead atoms. The lowest BCUT2D eigenvalue weighted by Gasteiger charge is -2.12. The van der Waals surface area contributed by atoms with E-state index in [0.717, 1.165) is 12.8 Å². The topological polar surface area (TPSA) is 75.7 Å². The SMILES string of the molecule is CCC[C@@H]1O[C@H](CN)[C@@H](O)[C@H]1O. The molecule has 1 aliphatic rings. The van der Waals surface area contributed by atoms with Gasteiger partial charge in [0.2, 0.25) is 0 Å². The Morgan fingerprint density at radius 2 is 1.83 bits per heavy atom. The van der Waals surface area contributed by atoms with E-state index in [4.69, 9.17) is 10.5 Å². The number of aliphatic hydroxyl groups is 2. The zero-order valence-electron chi connectivity index (χ0n) is 7.31. The number of hydrogen-bond acceptors (Lipinski definition) is 4. The molecule has 4 atom stereocenters. The van der Waals surface area contributed by atoms with E-state index < -0.39 is 18.3 Å². The van der Waals surface area contributed by atoms with Crippen LogP contribution in [0.4, 0.5) is 0 Å². The van der Waals surface area contributed by atoms with E-state index in [2.05, 4.69) is 0 Å². The van der Waals surface area contributed by atoms with Crippen LogP contribution in [0.25, 0.3) is 0 Å². The Labute approximate surface area is 72.3 Å². The Morgan fingerprint density at radius 3 is 2.25 bits per heavy atom. The van der Waals surface area contributed by atoms with Gasteiger partial charge in [-0.15, -0.1) is 0 Å². The molecule has 0 unspecified atom stereocenters. The fraction of sp³-hybridized carbons (Fsp3) is 1.00. The predicted molar refractivity (Wildman–Crippen MR) is 44.6 cm³/mol. The van der Waals surface area contributed by atoms with Crippen molar-refractivity contribution in [1.82, 2.24) is 0 Å². The lowest BCUT2D eigenvalue weighted by Crippen LogP contribution is -2.35. The van der Waals surface area contributed by atoms with Gasteiger partial charge >= 0.3 is 0 Å². The summed E-state index contributed by atoms with van der Waals surface area (Å²) in [6.07, 6.45) is -0.499. The maximum absolute atomic E-state index is 9.46. The van der Waals surface area contributed by atoms with E-state index in [9.17, 15) is 10.2 Å². The first kappa shape index (κ1) is 9.92. The molecule has 0 amide bonds. The summed E-state index contributed by atoms with van der Waals surface area (Å²) < 4.78 is 5.35. The van der Waals surface area contributed by atoms with Crippen LogP contribution in [0.5, 0.6) is 0 Å². The highest BCUT2D eigenvalue weighted by atomic mass is 16.5. The minimum atomic E-state index is -0.813. The van der Waals surface area contributed by atoms with E-state index >= 15 is 0 Å². The Hall–Kier alpha value is -0.160. The van der Waals surface area contributed by atoms with Gasteiger partial charge in [-0.1, -0.05) is 13.3 Å². The van der Waals surface area contributed by atoms with Crippen LogP contribution in [-0.2, 0) is 4.74 Å². The van der Waals surface area contributed by atoms with Gasteiger partial charge in [-0.3, -0.25) is 0 Å². The molecule has 1 rings (SSSR count). The highest BCUT2D eigenvalue weighted by Gasteiger charge is 2.40. The molecule has 4 heteroatoms. The van der Waals surface area contributed by atoms with E-state index in [1.807, 2.05) is 6.92 Å². The number of aliphatic hydroxyl groups excluding tert-OH is 2. The molecule has 1 saturated heterocycles. The number of rotatable bonds is 3. The van der Waals surface area contributed by atoms with Crippen LogP contribution in [0.1, 0.15) is 19.8 Å². The van der Waals surface area contributed by atoms with Crippen molar-refractivity contribution in [3.63, 3.8) is 0 Å². The third-order valence-corrected chi connectivity index (χ3v) is 2.27.